The zero-order valence-corrected chi connectivity index (χ0v) is 19.7. The zero-order chi connectivity index (χ0) is 25.1. The van der Waals surface area contributed by atoms with E-state index in [2.05, 4.69) is 20.4 Å². The van der Waals surface area contributed by atoms with Gasteiger partial charge in [-0.3, -0.25) is 4.79 Å². The van der Waals surface area contributed by atoms with E-state index in [1.54, 1.807) is 12.1 Å². The van der Waals surface area contributed by atoms with Crippen LogP contribution in [0.25, 0.3) is 22.3 Å². The van der Waals surface area contributed by atoms with Gasteiger partial charge in [-0.1, -0.05) is 53.8 Å². The normalized spacial score (nSPS) is 14.6. The molecule has 5 rings (SSSR count). The summed E-state index contributed by atoms with van der Waals surface area (Å²) in [6.45, 7) is 2.08. The van der Waals surface area contributed by atoms with Gasteiger partial charge in [0.15, 0.2) is 5.13 Å². The molecule has 2 aromatic heterocycles. The molecule has 0 bridgehead atoms. The number of thiazole rings is 1. The van der Waals surface area contributed by atoms with Crippen molar-refractivity contribution in [1.82, 2.24) is 20.0 Å². The molecule has 2 aromatic carbocycles. The molecule has 8 nitrogen and oxygen atoms in total. The van der Waals surface area contributed by atoms with Crippen LogP contribution in [0.15, 0.2) is 59.7 Å². The van der Waals surface area contributed by atoms with Gasteiger partial charge in [-0.2, -0.15) is 18.3 Å². The summed E-state index contributed by atoms with van der Waals surface area (Å²) in [6, 6.07) is 15.7. The van der Waals surface area contributed by atoms with Crippen LogP contribution in [0.2, 0.25) is 0 Å². The van der Waals surface area contributed by atoms with Gasteiger partial charge in [-0.05, 0) is 12.1 Å². The summed E-state index contributed by atoms with van der Waals surface area (Å²) in [7, 11) is 0. The number of ether oxygens (including phenoxy) is 1. The first kappa shape index (κ1) is 23.9. The Hall–Kier alpha value is -3.77. The average molecular weight is 515 g/mol. The molecule has 1 fully saturated rings. The van der Waals surface area contributed by atoms with E-state index in [4.69, 9.17) is 9.72 Å². The molecule has 1 aliphatic rings. The monoisotopic (exact) mass is 514 g/mol. The highest BCUT2D eigenvalue weighted by atomic mass is 32.1. The number of imidazole rings is 1. The molecule has 4 aromatic rings. The van der Waals surface area contributed by atoms with Crippen LogP contribution in [0.1, 0.15) is 10.7 Å². The first-order valence-corrected chi connectivity index (χ1v) is 11.9. The molecule has 12 heteroatoms. The maximum absolute atomic E-state index is 13.5. The van der Waals surface area contributed by atoms with E-state index >= 15 is 0 Å². The van der Waals surface area contributed by atoms with E-state index in [0.29, 0.717) is 23.8 Å². The van der Waals surface area contributed by atoms with Crippen molar-refractivity contribution >= 4 is 39.6 Å². The molecule has 1 aliphatic heterocycles. The predicted molar refractivity (Wildman–Crippen MR) is 131 cm³/mol. The molecule has 0 spiro atoms. The second-order valence-electron chi connectivity index (χ2n) is 7.98. The lowest BCUT2D eigenvalue weighted by molar-refractivity contribution is -0.147. The standard InChI is InChI=1S/C24H21F3N6O2S/c25-24(26,27)22-29-17-8-4-5-9-18(17)33(22)15-20(34)31-28-14-19-21(16-6-2-1-3-7-16)30-23(36-19)32-10-12-35-13-11-32/h1-9,14H,10-13,15H2,(H,31,34)/b28-14-. The summed E-state index contributed by atoms with van der Waals surface area (Å²) in [4.78, 5) is 23.8. The highest BCUT2D eigenvalue weighted by Gasteiger charge is 2.38. The zero-order valence-electron chi connectivity index (χ0n) is 18.9. The predicted octanol–water partition coefficient (Wildman–Crippen LogP) is 4.17. The van der Waals surface area contributed by atoms with Crippen LogP contribution in [0.4, 0.5) is 18.3 Å². The molecule has 0 atom stereocenters. The summed E-state index contributed by atoms with van der Waals surface area (Å²) in [5, 5.41) is 4.84. The number of carbonyl (C=O) groups excluding carboxylic acids is 1. The minimum absolute atomic E-state index is 0.161. The number of amides is 1. The Bertz CT molecular complexity index is 1390. The lowest BCUT2D eigenvalue weighted by Gasteiger charge is -2.26. The molecule has 1 N–H and O–H groups in total. The third-order valence-electron chi connectivity index (χ3n) is 5.55. The summed E-state index contributed by atoms with van der Waals surface area (Å²) in [6.07, 6.45) is -3.23. The van der Waals surface area contributed by atoms with Gasteiger partial charge >= 0.3 is 6.18 Å². The van der Waals surface area contributed by atoms with Gasteiger partial charge in [0, 0.05) is 18.7 Å². The van der Waals surface area contributed by atoms with Crippen molar-refractivity contribution in [3.05, 3.63) is 65.3 Å². The first-order chi connectivity index (χ1) is 17.4. The number of rotatable bonds is 6. The van der Waals surface area contributed by atoms with E-state index in [1.165, 1.54) is 29.7 Å². The van der Waals surface area contributed by atoms with Crippen LogP contribution in [-0.2, 0) is 22.3 Å². The van der Waals surface area contributed by atoms with E-state index in [1.807, 2.05) is 30.3 Å². The number of nitrogens with one attached hydrogen (secondary N) is 1. The van der Waals surface area contributed by atoms with Crippen molar-refractivity contribution in [2.45, 2.75) is 12.7 Å². The highest BCUT2D eigenvalue weighted by Crippen LogP contribution is 2.33. The number of hydrazone groups is 1. The van der Waals surface area contributed by atoms with Gasteiger partial charge in [-0.25, -0.2) is 15.4 Å². The minimum atomic E-state index is -4.70. The van der Waals surface area contributed by atoms with Crippen molar-refractivity contribution in [1.29, 1.82) is 0 Å². The van der Waals surface area contributed by atoms with Crippen LogP contribution in [0.3, 0.4) is 0 Å². The Morgan fingerprint density at radius 1 is 1.08 bits per heavy atom. The third-order valence-corrected chi connectivity index (χ3v) is 6.60. The van der Waals surface area contributed by atoms with Gasteiger partial charge in [0.05, 0.1) is 41.0 Å². The minimum Gasteiger partial charge on any atom is -0.378 e. The third kappa shape index (κ3) is 5.09. The number of nitrogens with zero attached hydrogens (tertiary/aromatic N) is 5. The van der Waals surface area contributed by atoms with Gasteiger partial charge in [-0.15, -0.1) is 0 Å². The van der Waals surface area contributed by atoms with Gasteiger partial charge in [0.25, 0.3) is 5.91 Å². The van der Waals surface area contributed by atoms with E-state index in [9.17, 15) is 18.0 Å². The summed E-state index contributed by atoms with van der Waals surface area (Å²) in [5.74, 6) is -1.84. The molecule has 0 unspecified atom stereocenters. The summed E-state index contributed by atoms with van der Waals surface area (Å²) in [5.41, 5.74) is 4.31. The Labute approximate surface area is 208 Å². The molecule has 36 heavy (non-hydrogen) atoms. The number of morpholine rings is 1. The molecule has 3 heterocycles. The number of carbonyl (C=O) groups is 1. The van der Waals surface area contributed by atoms with Gasteiger partial charge < -0.3 is 14.2 Å². The number of alkyl halides is 3. The molecule has 186 valence electrons. The second-order valence-corrected chi connectivity index (χ2v) is 8.99. The smallest absolute Gasteiger partial charge is 0.378 e. The SMILES string of the molecule is O=C(Cn1c(C(F)(F)F)nc2ccccc21)N/N=C\c1sc(N2CCOCC2)nc1-c1ccccc1. The van der Waals surface area contributed by atoms with Crippen LogP contribution in [0.5, 0.6) is 0 Å². The maximum atomic E-state index is 13.5. The van der Waals surface area contributed by atoms with Crippen LogP contribution >= 0.6 is 11.3 Å². The van der Waals surface area contributed by atoms with Crippen LogP contribution < -0.4 is 10.3 Å². The average Bonchev–Trinajstić information content (AvgIpc) is 3.47. The fourth-order valence-electron chi connectivity index (χ4n) is 3.89. The van der Waals surface area contributed by atoms with Gasteiger partial charge in [0.2, 0.25) is 5.82 Å². The number of hydrogen-bond donors (Lipinski definition) is 1. The Kier molecular flexibility index (Phi) is 6.70. The number of hydrogen-bond acceptors (Lipinski definition) is 7. The Morgan fingerprint density at radius 2 is 1.81 bits per heavy atom. The summed E-state index contributed by atoms with van der Waals surface area (Å²) >= 11 is 1.42. The number of aromatic nitrogens is 3. The molecular weight excluding hydrogens is 493 g/mol. The van der Waals surface area contributed by atoms with E-state index < -0.39 is 24.5 Å². The fourth-order valence-corrected chi connectivity index (χ4v) is 4.91. The van der Waals surface area contributed by atoms with Crippen LogP contribution in [0, 0.1) is 0 Å². The Balaban J connectivity index is 1.37. The highest BCUT2D eigenvalue weighted by molar-refractivity contribution is 7.17. The van der Waals surface area contributed by atoms with E-state index in [0.717, 1.165) is 28.4 Å². The quantitative estimate of drug-likeness (QED) is 0.309. The van der Waals surface area contributed by atoms with Crippen molar-refractivity contribution in [2.75, 3.05) is 31.2 Å². The van der Waals surface area contributed by atoms with Crippen LogP contribution in [-0.4, -0.2) is 53.0 Å². The fraction of sp³-hybridized carbons (Fsp3) is 0.250. The number of halogens is 3. The molecular formula is C24H21F3N6O2S. The van der Waals surface area contributed by atoms with Crippen molar-refractivity contribution in [3.8, 4) is 11.3 Å². The largest absolute Gasteiger partial charge is 0.449 e. The second kappa shape index (κ2) is 10.1. The first-order valence-electron chi connectivity index (χ1n) is 11.1. The molecule has 1 amide bonds. The molecule has 0 radical (unpaired) electrons. The summed E-state index contributed by atoms with van der Waals surface area (Å²) < 4.78 is 46.8. The lowest BCUT2D eigenvalue weighted by atomic mass is 10.1. The van der Waals surface area contributed by atoms with Gasteiger partial charge in [0.1, 0.15) is 6.54 Å². The number of para-hydroxylation sites is 2. The molecule has 0 saturated carbocycles. The number of anilines is 1. The maximum Gasteiger partial charge on any atom is 0.449 e. The molecule has 1 saturated heterocycles. The van der Waals surface area contributed by atoms with Crippen molar-refractivity contribution in [3.63, 3.8) is 0 Å². The van der Waals surface area contributed by atoms with Crippen molar-refractivity contribution < 1.29 is 22.7 Å². The van der Waals surface area contributed by atoms with E-state index in [-0.39, 0.29) is 11.0 Å². The Morgan fingerprint density at radius 3 is 2.56 bits per heavy atom. The number of fused-ring (bicyclic) bond motifs is 1. The molecule has 0 aliphatic carbocycles. The topological polar surface area (TPSA) is 84.6 Å². The van der Waals surface area contributed by atoms with Crippen molar-refractivity contribution in [2.24, 2.45) is 5.10 Å². The lowest BCUT2D eigenvalue weighted by Crippen LogP contribution is -2.36. The number of benzene rings is 2.